The predicted octanol–water partition coefficient (Wildman–Crippen LogP) is 3.17. The molecular weight excluding hydrogens is 284 g/mol. The first-order valence-electron chi connectivity index (χ1n) is 7.99. The quantitative estimate of drug-likeness (QED) is 0.776. The van der Waals surface area contributed by atoms with E-state index in [4.69, 9.17) is 4.84 Å². The van der Waals surface area contributed by atoms with Gasteiger partial charge in [-0.05, 0) is 31.4 Å². The largest absolute Gasteiger partial charge is 0.413 e. The number of aryl methyl sites for hydroxylation is 1. The van der Waals surface area contributed by atoms with E-state index in [0.29, 0.717) is 29.9 Å². The Kier molecular flexibility index (Phi) is 5.73. The van der Waals surface area contributed by atoms with Crippen LogP contribution in [-0.2, 0) is 12.8 Å². The van der Waals surface area contributed by atoms with Crippen molar-refractivity contribution in [3.63, 3.8) is 0 Å². The summed E-state index contributed by atoms with van der Waals surface area (Å²) >= 11 is 1.97. The van der Waals surface area contributed by atoms with Gasteiger partial charge in [-0.2, -0.15) is 16.5 Å². The molecule has 2 rings (SSSR count). The Morgan fingerprint density at radius 3 is 2.76 bits per heavy atom. The molecule has 0 aromatic carbocycles. The molecule has 0 bridgehead atoms. The summed E-state index contributed by atoms with van der Waals surface area (Å²) in [5.74, 6) is 2.60. The molecule has 0 radical (unpaired) electrons. The van der Waals surface area contributed by atoms with E-state index in [2.05, 4.69) is 18.8 Å². The maximum Gasteiger partial charge on any atom is 0.183 e. The number of hydrogen-bond donors (Lipinski definition) is 0. The van der Waals surface area contributed by atoms with Crippen molar-refractivity contribution in [2.45, 2.75) is 58.6 Å². The highest BCUT2D eigenvalue weighted by atomic mass is 32.2. The van der Waals surface area contributed by atoms with E-state index >= 15 is 0 Å². The first-order chi connectivity index (χ1) is 10.1. The van der Waals surface area contributed by atoms with E-state index in [-0.39, 0.29) is 5.78 Å². The molecule has 0 N–H and O–H groups in total. The van der Waals surface area contributed by atoms with Crippen molar-refractivity contribution in [1.29, 1.82) is 0 Å². The number of ketones is 1. The van der Waals surface area contributed by atoms with Crippen LogP contribution in [0.25, 0.3) is 0 Å². The topological polar surface area (TPSA) is 44.1 Å². The van der Waals surface area contributed by atoms with Crippen LogP contribution < -0.4 is 4.84 Å². The third-order valence-corrected chi connectivity index (χ3v) is 5.00. The highest BCUT2D eigenvalue weighted by Gasteiger charge is 2.32. The fraction of sp³-hybridized carbons (Fsp3) is 0.750. The number of thioether (sulfide) groups is 1. The number of fused-ring (bicyclic) bond motifs is 1. The molecule has 0 saturated heterocycles. The van der Waals surface area contributed by atoms with E-state index < -0.39 is 0 Å². The van der Waals surface area contributed by atoms with Gasteiger partial charge >= 0.3 is 0 Å². The maximum atomic E-state index is 12.4. The summed E-state index contributed by atoms with van der Waals surface area (Å²) in [6, 6.07) is 0. The van der Waals surface area contributed by atoms with Gasteiger partial charge in [0.05, 0.1) is 5.69 Å². The van der Waals surface area contributed by atoms with Gasteiger partial charge in [0.2, 0.25) is 0 Å². The second kappa shape index (κ2) is 7.34. The third-order valence-electron chi connectivity index (χ3n) is 3.90. The van der Waals surface area contributed by atoms with Gasteiger partial charge in [0.15, 0.2) is 5.78 Å². The molecule has 5 heteroatoms. The van der Waals surface area contributed by atoms with E-state index in [0.717, 1.165) is 36.5 Å². The number of nitrogens with zero attached hydrogens (tertiary/aromatic N) is 2. The lowest BCUT2D eigenvalue weighted by atomic mass is 9.86. The van der Waals surface area contributed by atoms with Crippen molar-refractivity contribution < 1.29 is 9.63 Å². The average Bonchev–Trinajstić information content (AvgIpc) is 2.78. The Balaban J connectivity index is 2.20. The summed E-state index contributed by atoms with van der Waals surface area (Å²) in [4.78, 5) is 22.6. The van der Waals surface area contributed by atoms with Crippen molar-refractivity contribution in [2.24, 2.45) is 5.92 Å². The van der Waals surface area contributed by atoms with E-state index in [1.165, 1.54) is 0 Å². The highest BCUT2D eigenvalue weighted by Crippen LogP contribution is 2.31. The van der Waals surface area contributed by atoms with Crippen LogP contribution >= 0.6 is 11.8 Å². The van der Waals surface area contributed by atoms with Gasteiger partial charge < -0.3 is 4.84 Å². The molecule has 1 heterocycles. The Labute approximate surface area is 131 Å². The van der Waals surface area contributed by atoms with Crippen LogP contribution in [0.3, 0.4) is 0 Å². The zero-order chi connectivity index (χ0) is 15.4. The lowest BCUT2D eigenvalue weighted by Crippen LogP contribution is -2.26. The molecule has 118 valence electrons. The molecule has 0 fully saturated rings. The Morgan fingerprint density at radius 2 is 2.14 bits per heavy atom. The maximum absolute atomic E-state index is 12.4. The van der Waals surface area contributed by atoms with Crippen molar-refractivity contribution in [2.75, 3.05) is 12.4 Å². The van der Waals surface area contributed by atoms with Crippen LogP contribution in [-0.4, -0.2) is 33.1 Å². The number of hydrogen-bond acceptors (Lipinski definition) is 4. The zero-order valence-corrected chi connectivity index (χ0v) is 14.3. The number of carbonyl (C=O) groups is 1. The summed E-state index contributed by atoms with van der Waals surface area (Å²) < 4.78 is 1.82. The second-order valence-electron chi connectivity index (χ2n) is 5.59. The van der Waals surface area contributed by atoms with Gasteiger partial charge in [0.1, 0.15) is 18.1 Å². The first kappa shape index (κ1) is 16.4. The molecule has 1 aromatic heterocycles. The standard InChI is InChI=1S/C16H26N2O2S/c1-5-15-17-16-13(18(15)20-6-2)9-12(10-14(16)19)8-11(4)21-7-3/h11-12H,5-10H2,1-4H3. The first-order valence-corrected chi connectivity index (χ1v) is 9.04. The predicted molar refractivity (Wildman–Crippen MR) is 87.1 cm³/mol. The van der Waals surface area contributed by atoms with Gasteiger partial charge in [-0.1, -0.05) is 20.8 Å². The molecular formula is C16H26N2O2S. The van der Waals surface area contributed by atoms with Crippen LogP contribution in [0.1, 0.15) is 62.5 Å². The molecule has 4 nitrogen and oxygen atoms in total. The molecule has 1 aliphatic carbocycles. The second-order valence-corrected chi connectivity index (χ2v) is 7.30. The molecule has 0 saturated carbocycles. The van der Waals surface area contributed by atoms with Gasteiger partial charge in [0.25, 0.3) is 0 Å². The van der Waals surface area contributed by atoms with Crippen molar-refractivity contribution >= 4 is 17.5 Å². The van der Waals surface area contributed by atoms with Crippen molar-refractivity contribution in [1.82, 2.24) is 9.71 Å². The molecule has 0 aliphatic heterocycles. The van der Waals surface area contributed by atoms with Gasteiger partial charge in [0, 0.05) is 18.1 Å². The van der Waals surface area contributed by atoms with E-state index in [1.807, 2.05) is 30.3 Å². The minimum Gasteiger partial charge on any atom is -0.413 e. The molecule has 1 aromatic rings. The van der Waals surface area contributed by atoms with Gasteiger partial charge in [-0.3, -0.25) is 4.79 Å². The van der Waals surface area contributed by atoms with Crippen molar-refractivity contribution in [3.05, 3.63) is 17.2 Å². The summed E-state index contributed by atoms with van der Waals surface area (Å²) in [6.07, 6.45) is 3.41. The highest BCUT2D eigenvalue weighted by molar-refractivity contribution is 7.99. The third kappa shape index (κ3) is 3.62. The number of Topliss-reactive ketones (excluding diaryl/α,β-unsaturated/α-hetero) is 1. The smallest absolute Gasteiger partial charge is 0.183 e. The van der Waals surface area contributed by atoms with E-state index in [9.17, 15) is 4.79 Å². The van der Waals surface area contributed by atoms with E-state index in [1.54, 1.807) is 0 Å². The van der Waals surface area contributed by atoms with Crippen LogP contribution in [0.2, 0.25) is 0 Å². The molecule has 21 heavy (non-hydrogen) atoms. The number of carbonyl (C=O) groups excluding carboxylic acids is 1. The summed E-state index contributed by atoms with van der Waals surface area (Å²) in [7, 11) is 0. The Morgan fingerprint density at radius 1 is 1.38 bits per heavy atom. The fourth-order valence-corrected chi connectivity index (χ4v) is 4.07. The van der Waals surface area contributed by atoms with Crippen molar-refractivity contribution in [3.8, 4) is 0 Å². The lowest BCUT2D eigenvalue weighted by molar-refractivity contribution is 0.0897. The summed E-state index contributed by atoms with van der Waals surface area (Å²) in [5, 5.41) is 0.600. The molecule has 2 unspecified atom stereocenters. The fourth-order valence-electron chi connectivity index (χ4n) is 3.09. The normalized spacial score (nSPS) is 19.4. The summed E-state index contributed by atoms with van der Waals surface area (Å²) in [6.45, 7) is 9.05. The molecule has 0 spiro atoms. The minimum atomic E-state index is 0.183. The Hall–Kier alpha value is -0.970. The number of aromatic nitrogens is 2. The van der Waals surface area contributed by atoms with Gasteiger partial charge in [-0.15, -0.1) is 0 Å². The molecule has 0 amide bonds. The number of imidazole rings is 1. The SMILES string of the molecule is CCOn1c(CC)nc2c1CC(CC(C)SCC)CC2=O. The van der Waals surface area contributed by atoms with Crippen LogP contribution in [0, 0.1) is 5.92 Å². The lowest BCUT2D eigenvalue weighted by Gasteiger charge is -2.24. The monoisotopic (exact) mass is 310 g/mol. The van der Waals surface area contributed by atoms with Crippen LogP contribution in [0.5, 0.6) is 0 Å². The van der Waals surface area contributed by atoms with Crippen LogP contribution in [0.4, 0.5) is 0 Å². The zero-order valence-electron chi connectivity index (χ0n) is 13.5. The van der Waals surface area contributed by atoms with Gasteiger partial charge in [-0.25, -0.2) is 4.98 Å². The van der Waals surface area contributed by atoms with Crippen LogP contribution in [0.15, 0.2) is 0 Å². The molecule has 1 aliphatic rings. The summed E-state index contributed by atoms with van der Waals surface area (Å²) in [5.41, 5.74) is 1.64. The number of rotatable bonds is 7. The minimum absolute atomic E-state index is 0.183. The molecule has 2 atom stereocenters. The Bertz CT molecular complexity index is 499. The average molecular weight is 310 g/mol.